The van der Waals surface area contributed by atoms with E-state index < -0.39 is 6.10 Å². The molecule has 1 unspecified atom stereocenters. The molecule has 4 heteroatoms. The number of carbonyl (C=O) groups excluding carboxylic acids is 1. The summed E-state index contributed by atoms with van der Waals surface area (Å²) in [7, 11) is 0. The zero-order chi connectivity index (χ0) is 32.7. The lowest BCUT2D eigenvalue weighted by molar-refractivity contribution is -0.154. The van der Waals surface area contributed by atoms with Gasteiger partial charge < -0.3 is 14.6 Å². The maximum Gasteiger partial charge on any atom is 0.306 e. The molecule has 0 aliphatic heterocycles. The molecular formula is C41H76O4. The number of esters is 1. The number of hydrogen-bond donors (Lipinski definition) is 1. The number of allylic oxidation sites excluding steroid dienone is 6. The summed E-state index contributed by atoms with van der Waals surface area (Å²) < 4.78 is 11.1. The maximum absolute atomic E-state index is 12.2. The fourth-order valence-corrected chi connectivity index (χ4v) is 5.47. The molecule has 45 heavy (non-hydrogen) atoms. The van der Waals surface area contributed by atoms with Crippen molar-refractivity contribution in [2.24, 2.45) is 0 Å². The topological polar surface area (TPSA) is 55.8 Å². The third-order valence-electron chi connectivity index (χ3n) is 8.44. The lowest BCUT2D eigenvalue weighted by atomic mass is 10.1. The predicted molar refractivity (Wildman–Crippen MR) is 196 cm³/mol. The Morgan fingerprint density at radius 1 is 0.533 bits per heavy atom. The number of carbonyl (C=O) groups is 1. The lowest BCUT2D eigenvalue weighted by Gasteiger charge is -2.15. The molecule has 0 spiro atoms. The van der Waals surface area contributed by atoms with Crippen molar-refractivity contribution in [1.29, 1.82) is 0 Å². The van der Waals surface area contributed by atoms with Crippen molar-refractivity contribution in [3.05, 3.63) is 36.5 Å². The Kier molecular flexibility index (Phi) is 37.6. The van der Waals surface area contributed by atoms with Gasteiger partial charge in [0.1, 0.15) is 6.10 Å². The van der Waals surface area contributed by atoms with Gasteiger partial charge in [0, 0.05) is 13.0 Å². The summed E-state index contributed by atoms with van der Waals surface area (Å²) in [5, 5.41) is 9.57. The molecule has 0 bridgehead atoms. The normalized spacial score (nSPS) is 12.7. The standard InChI is InChI=1S/C41H76O4/c1-3-5-7-9-11-13-15-17-19-21-23-25-27-29-31-33-35-37-44-39-40(38-42)45-41(43)36-34-32-30-28-26-24-22-20-18-16-14-12-10-8-6-4-2/h13,15,19-22,40,42H,3-12,14,16-18,23-39H2,1-2H3/b15-13-,21-19-,22-20-. The van der Waals surface area contributed by atoms with Gasteiger partial charge in [-0.2, -0.15) is 0 Å². The molecule has 0 aromatic rings. The minimum absolute atomic E-state index is 0.179. The number of ether oxygens (including phenoxy) is 2. The van der Waals surface area contributed by atoms with Gasteiger partial charge >= 0.3 is 5.97 Å². The van der Waals surface area contributed by atoms with Crippen LogP contribution in [-0.2, 0) is 14.3 Å². The van der Waals surface area contributed by atoms with Gasteiger partial charge in [0.15, 0.2) is 0 Å². The van der Waals surface area contributed by atoms with E-state index in [1.165, 1.54) is 141 Å². The maximum atomic E-state index is 12.2. The van der Waals surface area contributed by atoms with Crippen LogP contribution in [0.5, 0.6) is 0 Å². The first-order valence-corrected chi connectivity index (χ1v) is 19.6. The van der Waals surface area contributed by atoms with Crippen LogP contribution >= 0.6 is 0 Å². The van der Waals surface area contributed by atoms with Gasteiger partial charge in [-0.3, -0.25) is 4.79 Å². The molecule has 0 aliphatic carbocycles. The molecule has 0 saturated carbocycles. The highest BCUT2D eigenvalue weighted by atomic mass is 16.6. The van der Waals surface area contributed by atoms with Crippen molar-refractivity contribution >= 4 is 5.97 Å². The van der Waals surface area contributed by atoms with E-state index in [0.717, 1.165) is 32.1 Å². The minimum atomic E-state index is -0.542. The molecule has 0 aromatic heterocycles. The molecule has 264 valence electrons. The molecule has 1 N–H and O–H groups in total. The van der Waals surface area contributed by atoms with E-state index in [9.17, 15) is 9.90 Å². The van der Waals surface area contributed by atoms with Gasteiger partial charge in [0.05, 0.1) is 13.2 Å². The van der Waals surface area contributed by atoms with Crippen LogP contribution in [0.4, 0.5) is 0 Å². The summed E-state index contributed by atoms with van der Waals surface area (Å²) in [6.45, 7) is 5.30. The molecule has 0 radical (unpaired) electrons. The van der Waals surface area contributed by atoms with Crippen molar-refractivity contribution in [3.63, 3.8) is 0 Å². The molecule has 1 atom stereocenters. The highest BCUT2D eigenvalue weighted by Gasteiger charge is 2.13. The Morgan fingerprint density at radius 3 is 1.42 bits per heavy atom. The van der Waals surface area contributed by atoms with Crippen LogP contribution in [0.25, 0.3) is 0 Å². The van der Waals surface area contributed by atoms with Gasteiger partial charge in [-0.25, -0.2) is 0 Å². The molecule has 0 saturated heterocycles. The van der Waals surface area contributed by atoms with Crippen LogP contribution in [0.15, 0.2) is 36.5 Å². The van der Waals surface area contributed by atoms with Crippen LogP contribution in [-0.4, -0.2) is 37.0 Å². The summed E-state index contributed by atoms with van der Waals surface area (Å²) in [5.41, 5.74) is 0. The molecule has 0 amide bonds. The van der Waals surface area contributed by atoms with Crippen LogP contribution < -0.4 is 0 Å². The molecule has 0 heterocycles. The highest BCUT2D eigenvalue weighted by molar-refractivity contribution is 5.69. The van der Waals surface area contributed by atoms with E-state index in [1.807, 2.05) is 0 Å². The van der Waals surface area contributed by atoms with Crippen LogP contribution in [0, 0.1) is 0 Å². The van der Waals surface area contributed by atoms with Crippen molar-refractivity contribution in [2.75, 3.05) is 19.8 Å². The van der Waals surface area contributed by atoms with Crippen molar-refractivity contribution in [3.8, 4) is 0 Å². The summed E-state index contributed by atoms with van der Waals surface area (Å²) in [5.74, 6) is -0.213. The smallest absolute Gasteiger partial charge is 0.306 e. The van der Waals surface area contributed by atoms with Crippen LogP contribution in [0.2, 0.25) is 0 Å². The first-order chi connectivity index (χ1) is 22.2. The molecule has 0 rings (SSSR count). The SMILES string of the molecule is CCCCCC/C=C\C/C=C\CCCCCCCCOCC(CO)OC(=O)CCCCCCC/C=C\CCCCCCCCC. The van der Waals surface area contributed by atoms with Gasteiger partial charge in [0.2, 0.25) is 0 Å². The fraction of sp³-hybridized carbons (Fsp3) is 0.829. The Balaban J connectivity index is 3.47. The molecule has 0 aliphatic rings. The second-order valence-electron chi connectivity index (χ2n) is 13.0. The third kappa shape index (κ3) is 36.9. The summed E-state index contributed by atoms with van der Waals surface area (Å²) in [4.78, 5) is 12.2. The van der Waals surface area contributed by atoms with E-state index in [-0.39, 0.29) is 19.2 Å². The Morgan fingerprint density at radius 2 is 0.933 bits per heavy atom. The lowest BCUT2D eigenvalue weighted by Crippen LogP contribution is -2.27. The average Bonchev–Trinajstić information content (AvgIpc) is 3.05. The summed E-state index contributed by atoms with van der Waals surface area (Å²) >= 11 is 0. The van der Waals surface area contributed by atoms with Crippen molar-refractivity contribution in [2.45, 2.75) is 200 Å². The van der Waals surface area contributed by atoms with Crippen molar-refractivity contribution in [1.82, 2.24) is 0 Å². The van der Waals surface area contributed by atoms with Crippen molar-refractivity contribution < 1.29 is 19.4 Å². The molecule has 0 aromatic carbocycles. The van der Waals surface area contributed by atoms with E-state index in [2.05, 4.69) is 50.3 Å². The fourth-order valence-electron chi connectivity index (χ4n) is 5.47. The van der Waals surface area contributed by atoms with Crippen LogP contribution in [0.3, 0.4) is 0 Å². The van der Waals surface area contributed by atoms with E-state index in [0.29, 0.717) is 13.0 Å². The Labute approximate surface area is 280 Å². The molecule has 0 fully saturated rings. The minimum Gasteiger partial charge on any atom is -0.457 e. The van der Waals surface area contributed by atoms with E-state index in [4.69, 9.17) is 9.47 Å². The second kappa shape index (κ2) is 38.8. The summed E-state index contributed by atoms with van der Waals surface area (Å²) in [6, 6.07) is 0. The predicted octanol–water partition coefficient (Wildman–Crippen LogP) is 12.5. The molecule has 4 nitrogen and oxygen atoms in total. The first-order valence-electron chi connectivity index (χ1n) is 19.6. The number of aliphatic hydroxyl groups excluding tert-OH is 1. The highest BCUT2D eigenvalue weighted by Crippen LogP contribution is 2.12. The quantitative estimate of drug-likeness (QED) is 0.0424. The monoisotopic (exact) mass is 633 g/mol. The van der Waals surface area contributed by atoms with Gasteiger partial charge in [0.25, 0.3) is 0 Å². The number of hydrogen-bond acceptors (Lipinski definition) is 4. The third-order valence-corrected chi connectivity index (χ3v) is 8.44. The van der Waals surface area contributed by atoms with Gasteiger partial charge in [-0.15, -0.1) is 0 Å². The summed E-state index contributed by atoms with van der Waals surface area (Å²) in [6.07, 6.45) is 47.6. The largest absolute Gasteiger partial charge is 0.457 e. The Hall–Kier alpha value is -1.39. The number of aliphatic hydroxyl groups is 1. The van der Waals surface area contributed by atoms with E-state index >= 15 is 0 Å². The zero-order valence-corrected chi connectivity index (χ0v) is 30.1. The zero-order valence-electron chi connectivity index (χ0n) is 30.1. The second-order valence-corrected chi connectivity index (χ2v) is 13.0. The van der Waals surface area contributed by atoms with E-state index in [1.54, 1.807) is 0 Å². The number of unbranched alkanes of at least 4 members (excludes halogenated alkanes) is 22. The average molecular weight is 633 g/mol. The van der Waals surface area contributed by atoms with Gasteiger partial charge in [-0.05, 0) is 70.6 Å². The first kappa shape index (κ1) is 43.6. The molecular weight excluding hydrogens is 556 g/mol. The Bertz CT molecular complexity index is 668. The number of rotatable bonds is 36. The van der Waals surface area contributed by atoms with Gasteiger partial charge in [-0.1, -0.05) is 153 Å². The van der Waals surface area contributed by atoms with Crippen LogP contribution in [0.1, 0.15) is 194 Å².